The number of rotatable bonds is 2. The molecule has 6 heteroatoms. The van der Waals surface area contributed by atoms with Gasteiger partial charge in [-0.05, 0) is 39.0 Å². The maximum absolute atomic E-state index is 12.8. The van der Waals surface area contributed by atoms with Gasteiger partial charge in [-0.2, -0.15) is 11.8 Å². The molecule has 0 radical (unpaired) electrons. The van der Waals surface area contributed by atoms with Gasteiger partial charge in [-0.15, -0.1) is 0 Å². The molecule has 0 N–H and O–H groups in total. The lowest BCUT2D eigenvalue weighted by Crippen LogP contribution is -2.33. The Morgan fingerprint density at radius 3 is 2.77 bits per heavy atom. The van der Waals surface area contributed by atoms with Crippen LogP contribution in [0.15, 0.2) is 16.7 Å². The number of carbonyl (C=O) groups is 1. The van der Waals surface area contributed by atoms with Crippen molar-refractivity contribution >= 4 is 17.7 Å². The molecule has 118 valence electrons. The highest BCUT2D eigenvalue weighted by atomic mass is 32.2. The fourth-order valence-electron chi connectivity index (χ4n) is 2.91. The van der Waals surface area contributed by atoms with E-state index in [2.05, 4.69) is 5.16 Å². The highest BCUT2D eigenvalue weighted by molar-refractivity contribution is 7.99. The molecule has 0 spiro atoms. The van der Waals surface area contributed by atoms with E-state index >= 15 is 0 Å². The van der Waals surface area contributed by atoms with E-state index in [1.165, 1.54) is 0 Å². The Kier molecular flexibility index (Phi) is 4.29. The van der Waals surface area contributed by atoms with Crippen LogP contribution in [0.5, 0.6) is 0 Å². The fraction of sp³-hybridized carbons (Fsp3) is 0.500. The molecule has 3 rings (SSSR count). The Morgan fingerprint density at radius 1 is 1.23 bits per heavy atom. The quantitative estimate of drug-likeness (QED) is 0.854. The molecular formula is C16H21N3O2S. The molecule has 22 heavy (non-hydrogen) atoms. The number of aryl methyl sites for hydroxylation is 2. The molecule has 1 fully saturated rings. The van der Waals surface area contributed by atoms with Crippen LogP contribution in [0.4, 0.5) is 0 Å². The second-order valence-electron chi connectivity index (χ2n) is 5.67. The Labute approximate surface area is 134 Å². The van der Waals surface area contributed by atoms with Crippen LogP contribution in [-0.2, 0) is 0 Å². The lowest BCUT2D eigenvalue weighted by molar-refractivity contribution is 0.0768. The van der Waals surface area contributed by atoms with Gasteiger partial charge in [0.15, 0.2) is 5.82 Å². The lowest BCUT2D eigenvalue weighted by Gasteiger charge is -2.19. The average Bonchev–Trinajstić information content (AvgIpc) is 2.90. The van der Waals surface area contributed by atoms with Gasteiger partial charge in [-0.1, -0.05) is 5.16 Å². The summed E-state index contributed by atoms with van der Waals surface area (Å²) < 4.78 is 7.15. The SMILES string of the molecule is Cc1cc(-n2c(C)cc(C(=O)N3CCCSCC3)c2C)no1. The van der Waals surface area contributed by atoms with E-state index in [0.29, 0.717) is 0 Å². The maximum atomic E-state index is 12.8. The van der Waals surface area contributed by atoms with Crippen molar-refractivity contribution in [1.82, 2.24) is 14.6 Å². The Bertz CT molecular complexity index is 682. The topological polar surface area (TPSA) is 51.3 Å². The van der Waals surface area contributed by atoms with E-state index in [0.717, 1.165) is 59.5 Å². The van der Waals surface area contributed by atoms with Crippen LogP contribution in [-0.4, -0.2) is 45.1 Å². The number of hydrogen-bond donors (Lipinski definition) is 0. The molecule has 5 nitrogen and oxygen atoms in total. The molecule has 0 atom stereocenters. The molecule has 0 saturated carbocycles. The van der Waals surface area contributed by atoms with Crippen LogP contribution in [0.2, 0.25) is 0 Å². The first-order valence-electron chi connectivity index (χ1n) is 7.57. The van der Waals surface area contributed by atoms with Gasteiger partial charge >= 0.3 is 0 Å². The predicted octanol–water partition coefficient (Wildman–Crippen LogP) is 2.97. The zero-order valence-electron chi connectivity index (χ0n) is 13.3. The van der Waals surface area contributed by atoms with Crippen LogP contribution in [0.25, 0.3) is 5.82 Å². The summed E-state index contributed by atoms with van der Waals surface area (Å²) in [6.45, 7) is 7.50. The van der Waals surface area contributed by atoms with E-state index < -0.39 is 0 Å². The minimum absolute atomic E-state index is 0.127. The summed E-state index contributed by atoms with van der Waals surface area (Å²) in [6.07, 6.45) is 1.07. The number of nitrogens with zero attached hydrogens (tertiary/aromatic N) is 3. The molecule has 1 aliphatic heterocycles. The van der Waals surface area contributed by atoms with Crippen molar-refractivity contribution in [3.8, 4) is 5.82 Å². The summed E-state index contributed by atoms with van der Waals surface area (Å²) in [5, 5.41) is 4.07. The highest BCUT2D eigenvalue weighted by Crippen LogP contribution is 2.23. The van der Waals surface area contributed by atoms with Crippen molar-refractivity contribution in [2.45, 2.75) is 27.2 Å². The van der Waals surface area contributed by atoms with Crippen molar-refractivity contribution in [1.29, 1.82) is 0 Å². The number of aromatic nitrogens is 2. The van der Waals surface area contributed by atoms with Crippen LogP contribution in [0.1, 0.15) is 33.9 Å². The minimum Gasteiger partial charge on any atom is -0.360 e. The zero-order valence-corrected chi connectivity index (χ0v) is 14.1. The highest BCUT2D eigenvalue weighted by Gasteiger charge is 2.23. The molecule has 0 bridgehead atoms. The Morgan fingerprint density at radius 2 is 2.05 bits per heavy atom. The summed E-state index contributed by atoms with van der Waals surface area (Å²) in [5.74, 6) is 3.79. The molecule has 0 unspecified atom stereocenters. The van der Waals surface area contributed by atoms with Gasteiger partial charge in [0.25, 0.3) is 5.91 Å². The number of amides is 1. The zero-order chi connectivity index (χ0) is 15.7. The molecular weight excluding hydrogens is 298 g/mol. The third kappa shape index (κ3) is 2.79. The molecule has 2 aromatic rings. The van der Waals surface area contributed by atoms with Crippen LogP contribution < -0.4 is 0 Å². The second-order valence-corrected chi connectivity index (χ2v) is 6.90. The van der Waals surface area contributed by atoms with E-state index in [1.54, 1.807) is 0 Å². The summed E-state index contributed by atoms with van der Waals surface area (Å²) in [7, 11) is 0. The van der Waals surface area contributed by atoms with E-state index in [1.807, 2.05) is 54.1 Å². The van der Waals surface area contributed by atoms with Gasteiger partial charge in [0, 0.05) is 36.3 Å². The lowest BCUT2D eigenvalue weighted by atomic mass is 10.2. The summed E-state index contributed by atoms with van der Waals surface area (Å²) in [6, 6.07) is 3.84. The molecule has 1 saturated heterocycles. The number of hydrogen-bond acceptors (Lipinski definition) is 4. The monoisotopic (exact) mass is 319 g/mol. The van der Waals surface area contributed by atoms with Gasteiger partial charge < -0.3 is 9.42 Å². The van der Waals surface area contributed by atoms with Crippen LogP contribution in [0.3, 0.4) is 0 Å². The Hall–Kier alpha value is -1.69. The third-order valence-electron chi connectivity index (χ3n) is 4.02. The first-order valence-corrected chi connectivity index (χ1v) is 8.73. The molecule has 0 aliphatic carbocycles. The molecule has 1 aliphatic rings. The molecule has 2 aromatic heterocycles. The normalized spacial score (nSPS) is 15.9. The van der Waals surface area contributed by atoms with E-state index in [-0.39, 0.29) is 5.91 Å². The molecule has 1 amide bonds. The average molecular weight is 319 g/mol. The van der Waals surface area contributed by atoms with Gasteiger partial charge in [0.2, 0.25) is 0 Å². The van der Waals surface area contributed by atoms with Crippen molar-refractivity contribution < 1.29 is 9.32 Å². The maximum Gasteiger partial charge on any atom is 0.255 e. The first kappa shape index (κ1) is 15.2. The first-order chi connectivity index (χ1) is 10.6. The molecule has 3 heterocycles. The van der Waals surface area contributed by atoms with Crippen molar-refractivity contribution in [3.63, 3.8) is 0 Å². The summed E-state index contributed by atoms with van der Waals surface area (Å²) in [5.41, 5.74) is 2.69. The van der Waals surface area contributed by atoms with Gasteiger partial charge in [0.1, 0.15) is 5.76 Å². The Balaban J connectivity index is 1.93. The summed E-state index contributed by atoms with van der Waals surface area (Å²) in [4.78, 5) is 14.8. The fourth-order valence-corrected chi connectivity index (χ4v) is 3.80. The van der Waals surface area contributed by atoms with Gasteiger partial charge in [-0.25, -0.2) is 0 Å². The van der Waals surface area contributed by atoms with E-state index in [9.17, 15) is 4.79 Å². The largest absolute Gasteiger partial charge is 0.360 e. The smallest absolute Gasteiger partial charge is 0.255 e. The van der Waals surface area contributed by atoms with Crippen molar-refractivity contribution in [2.75, 3.05) is 24.6 Å². The third-order valence-corrected chi connectivity index (χ3v) is 5.06. The van der Waals surface area contributed by atoms with E-state index in [4.69, 9.17) is 4.52 Å². The van der Waals surface area contributed by atoms with Gasteiger partial charge in [0.05, 0.1) is 5.56 Å². The molecule has 0 aromatic carbocycles. The summed E-state index contributed by atoms with van der Waals surface area (Å²) >= 11 is 1.92. The predicted molar refractivity (Wildman–Crippen MR) is 87.9 cm³/mol. The number of carbonyl (C=O) groups excluding carboxylic acids is 1. The second kappa shape index (κ2) is 6.20. The van der Waals surface area contributed by atoms with Crippen molar-refractivity contribution in [3.05, 3.63) is 34.8 Å². The van der Waals surface area contributed by atoms with Crippen molar-refractivity contribution in [2.24, 2.45) is 0 Å². The standard InChI is InChI=1S/C16H21N3O2S/c1-11-9-14(16(20)18-5-4-7-22-8-6-18)13(3)19(11)15-10-12(2)21-17-15/h9-10H,4-8H2,1-3H3. The minimum atomic E-state index is 0.127. The van der Waals surface area contributed by atoms with Crippen LogP contribution in [0, 0.1) is 20.8 Å². The van der Waals surface area contributed by atoms with Crippen LogP contribution >= 0.6 is 11.8 Å². The van der Waals surface area contributed by atoms with Gasteiger partial charge in [-0.3, -0.25) is 9.36 Å². The number of thioether (sulfide) groups is 1.